The van der Waals surface area contributed by atoms with Crippen LogP contribution in [0.25, 0.3) is 5.69 Å². The smallest absolute Gasteiger partial charge is 0.245 e. The monoisotopic (exact) mass is 556 g/mol. The van der Waals surface area contributed by atoms with Gasteiger partial charge in [0, 0.05) is 25.4 Å². The fourth-order valence-corrected chi connectivity index (χ4v) is 5.34. The third kappa shape index (κ3) is 5.15. The van der Waals surface area contributed by atoms with E-state index >= 15 is 0 Å². The van der Waals surface area contributed by atoms with E-state index in [1.165, 1.54) is 51.5 Å². The second-order valence-electron chi connectivity index (χ2n) is 8.32. The number of alkyl halides is 1. The molecule has 1 aliphatic carbocycles. The van der Waals surface area contributed by atoms with Gasteiger partial charge in [0.2, 0.25) is 27.7 Å². The third-order valence-electron chi connectivity index (χ3n) is 6.30. The molecule has 0 amide bonds. The van der Waals surface area contributed by atoms with Gasteiger partial charge in [0.25, 0.3) is 0 Å². The van der Waals surface area contributed by atoms with E-state index < -0.39 is 28.1 Å². The standard InChI is InChI=1S/C21H26ClFN8O5S/c1-11(16(34-2)17-24-8-13(22)9-25-17)37(32,33)30-21-29-28-18(14-6-5-12(14)7-23)31(21)15-19(35-3)26-10-27-20(15)36-4/h8-12,14,16H,5-7H2,1-4H3,(H,29,30)/t11-,12-,14-,16-/m0/s1. The lowest BCUT2D eigenvalue weighted by Gasteiger charge is -2.34. The zero-order chi connectivity index (χ0) is 26.7. The normalized spacial score (nSPS) is 19.1. The minimum absolute atomic E-state index is 0.0850. The van der Waals surface area contributed by atoms with Crippen molar-refractivity contribution in [3.63, 3.8) is 0 Å². The Kier molecular flexibility index (Phi) is 8.04. The molecular formula is C21H26ClFN8O5S. The molecule has 0 spiro atoms. The van der Waals surface area contributed by atoms with Crippen LogP contribution in [0.2, 0.25) is 5.02 Å². The molecule has 1 saturated carbocycles. The van der Waals surface area contributed by atoms with Crippen LogP contribution in [0.5, 0.6) is 11.8 Å². The predicted octanol–water partition coefficient (Wildman–Crippen LogP) is 2.50. The molecule has 37 heavy (non-hydrogen) atoms. The lowest BCUT2D eigenvalue weighted by molar-refractivity contribution is 0.0950. The van der Waals surface area contributed by atoms with E-state index in [2.05, 4.69) is 34.9 Å². The van der Waals surface area contributed by atoms with Crippen molar-refractivity contribution in [2.75, 3.05) is 32.7 Å². The Balaban J connectivity index is 1.78. The van der Waals surface area contributed by atoms with Crippen LogP contribution in [0, 0.1) is 5.92 Å². The van der Waals surface area contributed by atoms with Gasteiger partial charge in [-0.15, -0.1) is 10.2 Å². The first-order chi connectivity index (χ1) is 17.7. The van der Waals surface area contributed by atoms with Crippen LogP contribution in [-0.2, 0) is 14.8 Å². The molecule has 0 saturated heterocycles. The zero-order valence-corrected chi connectivity index (χ0v) is 22.1. The van der Waals surface area contributed by atoms with E-state index in [0.717, 1.165) is 0 Å². The van der Waals surface area contributed by atoms with E-state index in [0.29, 0.717) is 23.7 Å². The summed E-state index contributed by atoms with van der Waals surface area (Å²) in [5.74, 6) is -0.139. The maximum Gasteiger partial charge on any atom is 0.245 e. The molecule has 200 valence electrons. The SMILES string of the molecule is COc1ncnc(OC)c1-n1c(NS(=O)(=O)[C@@H](C)[C@H](OC)c2ncc(Cl)cn2)nnc1[C@H]1CC[C@H]1CF. The molecule has 1 N–H and O–H groups in total. The summed E-state index contributed by atoms with van der Waals surface area (Å²) in [7, 11) is -0.0472. The molecule has 13 nitrogen and oxygen atoms in total. The van der Waals surface area contributed by atoms with Gasteiger partial charge in [0.1, 0.15) is 23.5 Å². The number of hydrogen-bond acceptors (Lipinski definition) is 11. The van der Waals surface area contributed by atoms with Crippen molar-refractivity contribution in [2.24, 2.45) is 5.92 Å². The average Bonchev–Trinajstić information content (AvgIpc) is 3.25. The Morgan fingerprint density at radius 3 is 2.27 bits per heavy atom. The maximum atomic E-state index is 13.6. The average molecular weight is 557 g/mol. The molecule has 1 aliphatic rings. The van der Waals surface area contributed by atoms with E-state index in [1.54, 1.807) is 0 Å². The van der Waals surface area contributed by atoms with Crippen LogP contribution in [0.3, 0.4) is 0 Å². The first-order valence-electron chi connectivity index (χ1n) is 11.2. The number of rotatable bonds is 11. The van der Waals surface area contributed by atoms with Crippen LogP contribution in [0.15, 0.2) is 18.7 Å². The fourth-order valence-electron chi connectivity index (χ4n) is 4.11. The number of aromatic nitrogens is 7. The van der Waals surface area contributed by atoms with Crippen molar-refractivity contribution in [1.82, 2.24) is 34.7 Å². The van der Waals surface area contributed by atoms with E-state index in [1.807, 2.05) is 0 Å². The Labute approximate surface area is 217 Å². The first-order valence-corrected chi connectivity index (χ1v) is 13.1. The van der Waals surface area contributed by atoms with Crippen molar-refractivity contribution in [3.05, 3.63) is 35.4 Å². The molecule has 0 aliphatic heterocycles. The molecule has 0 unspecified atom stereocenters. The number of ether oxygens (including phenoxy) is 3. The second kappa shape index (κ2) is 11.1. The van der Waals surface area contributed by atoms with E-state index in [-0.39, 0.29) is 41.1 Å². The highest BCUT2D eigenvalue weighted by Crippen LogP contribution is 2.45. The van der Waals surface area contributed by atoms with Crippen LogP contribution in [0.4, 0.5) is 10.3 Å². The van der Waals surface area contributed by atoms with Crippen LogP contribution in [-0.4, -0.2) is 76.4 Å². The molecule has 1 fully saturated rings. The Bertz CT molecular complexity index is 1320. The van der Waals surface area contributed by atoms with Gasteiger partial charge in [-0.1, -0.05) is 11.6 Å². The van der Waals surface area contributed by atoms with E-state index in [4.69, 9.17) is 25.8 Å². The molecule has 3 aromatic rings. The van der Waals surface area contributed by atoms with Crippen molar-refractivity contribution in [2.45, 2.75) is 37.0 Å². The van der Waals surface area contributed by atoms with Gasteiger partial charge >= 0.3 is 0 Å². The maximum absolute atomic E-state index is 13.6. The molecule has 16 heteroatoms. The summed E-state index contributed by atoms with van der Waals surface area (Å²) in [6.45, 7) is 0.889. The summed E-state index contributed by atoms with van der Waals surface area (Å²) in [6, 6.07) is 0. The van der Waals surface area contributed by atoms with Crippen molar-refractivity contribution < 1.29 is 27.0 Å². The van der Waals surface area contributed by atoms with Gasteiger partial charge in [0.05, 0.1) is 25.9 Å². The summed E-state index contributed by atoms with van der Waals surface area (Å²) in [5.41, 5.74) is 0.173. The number of methoxy groups -OCH3 is 3. The van der Waals surface area contributed by atoms with Crippen LogP contribution < -0.4 is 14.2 Å². The molecule has 0 bridgehead atoms. The number of sulfonamides is 1. The second-order valence-corrected chi connectivity index (χ2v) is 10.8. The lowest BCUT2D eigenvalue weighted by Crippen LogP contribution is -2.34. The highest BCUT2D eigenvalue weighted by atomic mass is 35.5. The van der Waals surface area contributed by atoms with Gasteiger partial charge in [-0.2, -0.15) is 9.97 Å². The number of halogens is 2. The Morgan fingerprint density at radius 1 is 1.11 bits per heavy atom. The Hall–Kier alpha value is -3.17. The molecular weight excluding hydrogens is 531 g/mol. The molecule has 3 heterocycles. The largest absolute Gasteiger partial charge is 0.479 e. The predicted molar refractivity (Wildman–Crippen MR) is 130 cm³/mol. The van der Waals surface area contributed by atoms with Gasteiger partial charge in [0.15, 0.2) is 11.5 Å². The molecule has 0 aromatic carbocycles. The molecule has 3 aromatic heterocycles. The number of nitrogens with zero attached hydrogens (tertiary/aromatic N) is 7. The number of nitrogens with one attached hydrogen (secondary N) is 1. The Morgan fingerprint density at radius 2 is 1.76 bits per heavy atom. The first kappa shape index (κ1) is 26.9. The highest BCUT2D eigenvalue weighted by Gasteiger charge is 2.40. The number of hydrogen-bond donors (Lipinski definition) is 1. The quantitative estimate of drug-likeness (QED) is 0.370. The molecule has 4 rings (SSSR count). The van der Waals surface area contributed by atoms with Crippen molar-refractivity contribution in [3.8, 4) is 17.4 Å². The van der Waals surface area contributed by atoms with Crippen LogP contribution in [0.1, 0.15) is 43.4 Å². The summed E-state index contributed by atoms with van der Waals surface area (Å²) in [5, 5.41) is 7.44. The van der Waals surface area contributed by atoms with Crippen LogP contribution >= 0.6 is 11.6 Å². The minimum Gasteiger partial charge on any atom is -0.479 e. The molecule has 4 atom stereocenters. The lowest BCUT2D eigenvalue weighted by atomic mass is 9.74. The van der Waals surface area contributed by atoms with Gasteiger partial charge in [-0.3, -0.25) is 13.7 Å². The highest BCUT2D eigenvalue weighted by molar-refractivity contribution is 7.93. The fraction of sp³-hybridized carbons (Fsp3) is 0.524. The van der Waals surface area contributed by atoms with Gasteiger partial charge in [-0.25, -0.2) is 18.4 Å². The minimum atomic E-state index is -4.18. The van der Waals surface area contributed by atoms with Gasteiger partial charge < -0.3 is 14.2 Å². The number of anilines is 1. The summed E-state index contributed by atoms with van der Waals surface area (Å²) in [6.07, 6.45) is 4.21. The topological polar surface area (TPSA) is 156 Å². The summed E-state index contributed by atoms with van der Waals surface area (Å²) in [4.78, 5) is 16.4. The zero-order valence-electron chi connectivity index (χ0n) is 20.5. The van der Waals surface area contributed by atoms with E-state index in [9.17, 15) is 12.8 Å². The summed E-state index contributed by atoms with van der Waals surface area (Å²) < 4.78 is 60.7. The summed E-state index contributed by atoms with van der Waals surface area (Å²) >= 11 is 5.86. The molecule has 0 radical (unpaired) electrons. The third-order valence-corrected chi connectivity index (χ3v) is 8.19. The van der Waals surface area contributed by atoms with Crippen molar-refractivity contribution in [1.29, 1.82) is 0 Å². The van der Waals surface area contributed by atoms with Gasteiger partial charge in [-0.05, 0) is 25.7 Å². The van der Waals surface area contributed by atoms with Crippen molar-refractivity contribution >= 4 is 27.6 Å².